The smallest absolute Gasteiger partial charge is 0.139 e. The van der Waals surface area contributed by atoms with Crippen LogP contribution in [0, 0.1) is 35.5 Å². The Morgan fingerprint density at radius 2 is 1.76 bits per heavy atom. The summed E-state index contributed by atoms with van der Waals surface area (Å²) in [5, 5.41) is 0. The van der Waals surface area contributed by atoms with Gasteiger partial charge in [0.2, 0.25) is 0 Å². The molecule has 0 aromatic rings. The van der Waals surface area contributed by atoms with Crippen LogP contribution in [0.3, 0.4) is 0 Å². The van der Waals surface area contributed by atoms with Gasteiger partial charge in [0.1, 0.15) is 5.78 Å². The highest BCUT2D eigenvalue weighted by molar-refractivity contribution is 7.99. The Hall–Kier alpha value is -0.0200. The van der Waals surface area contributed by atoms with Gasteiger partial charge in [-0.25, -0.2) is 0 Å². The molecule has 0 amide bonds. The molecule has 2 saturated heterocycles. The first kappa shape index (κ1) is 13.4. The SMILES string of the molecule is O=C(C1CCOC2(CCSCC2)C1)C1C2C3CCC(C3)C12. The van der Waals surface area contributed by atoms with Crippen molar-refractivity contribution in [3.63, 3.8) is 0 Å². The molecular formula is C18H26O2S. The van der Waals surface area contributed by atoms with Gasteiger partial charge in [-0.1, -0.05) is 0 Å². The maximum atomic E-state index is 13.1. The van der Waals surface area contributed by atoms with Gasteiger partial charge in [-0.3, -0.25) is 4.79 Å². The van der Waals surface area contributed by atoms with Crippen LogP contribution in [0.25, 0.3) is 0 Å². The molecule has 2 nitrogen and oxygen atoms in total. The van der Waals surface area contributed by atoms with Crippen LogP contribution in [-0.4, -0.2) is 29.5 Å². The molecule has 0 aromatic heterocycles. The third-order valence-corrected chi connectivity index (χ3v) is 8.35. The van der Waals surface area contributed by atoms with Crippen molar-refractivity contribution in [1.82, 2.24) is 0 Å². The highest BCUT2D eigenvalue weighted by Crippen LogP contribution is 2.70. The Labute approximate surface area is 131 Å². The molecule has 3 saturated carbocycles. The minimum absolute atomic E-state index is 0.0762. The molecule has 2 bridgehead atoms. The molecule has 2 aliphatic heterocycles. The number of thioether (sulfide) groups is 1. The molecule has 5 aliphatic rings. The predicted molar refractivity (Wildman–Crippen MR) is 84.3 cm³/mol. The van der Waals surface area contributed by atoms with Crippen LogP contribution < -0.4 is 0 Å². The maximum absolute atomic E-state index is 13.1. The molecule has 0 N–H and O–H groups in total. The van der Waals surface area contributed by atoms with Crippen LogP contribution in [-0.2, 0) is 9.53 Å². The molecule has 2 heterocycles. The molecule has 0 radical (unpaired) electrons. The quantitative estimate of drug-likeness (QED) is 0.780. The second-order valence-corrected chi connectivity index (χ2v) is 9.47. The Morgan fingerprint density at radius 1 is 1.05 bits per heavy atom. The minimum atomic E-state index is 0.0762. The number of hydrogen-bond donors (Lipinski definition) is 0. The standard InChI is InChI=1S/C18H26O2S/c19-17(16-14-11-1-2-12(9-11)15(14)16)13-3-6-20-18(10-13)4-7-21-8-5-18/h11-16H,1-10H2. The fourth-order valence-corrected chi connectivity index (χ4v) is 7.58. The lowest BCUT2D eigenvalue weighted by atomic mass is 9.78. The maximum Gasteiger partial charge on any atom is 0.139 e. The van der Waals surface area contributed by atoms with Crippen molar-refractivity contribution in [2.75, 3.05) is 18.1 Å². The normalized spacial score (nSPS) is 50.1. The van der Waals surface area contributed by atoms with Crippen molar-refractivity contribution < 1.29 is 9.53 Å². The molecule has 1 spiro atoms. The zero-order chi connectivity index (χ0) is 14.0. The number of ether oxygens (including phenoxy) is 1. The summed E-state index contributed by atoms with van der Waals surface area (Å²) in [6.45, 7) is 0.829. The second kappa shape index (κ2) is 4.74. The van der Waals surface area contributed by atoms with E-state index in [9.17, 15) is 4.79 Å². The Balaban J connectivity index is 1.29. The van der Waals surface area contributed by atoms with Gasteiger partial charge in [-0.05, 0) is 80.1 Å². The Morgan fingerprint density at radius 3 is 2.48 bits per heavy atom. The fourth-order valence-electron chi connectivity index (χ4n) is 6.34. The summed E-state index contributed by atoms with van der Waals surface area (Å²) in [4.78, 5) is 13.1. The molecule has 21 heavy (non-hydrogen) atoms. The van der Waals surface area contributed by atoms with E-state index in [-0.39, 0.29) is 5.60 Å². The van der Waals surface area contributed by atoms with E-state index in [0.29, 0.717) is 17.6 Å². The van der Waals surface area contributed by atoms with Crippen LogP contribution in [0.15, 0.2) is 0 Å². The fraction of sp³-hybridized carbons (Fsp3) is 0.944. The summed E-state index contributed by atoms with van der Waals surface area (Å²) in [6.07, 6.45) is 8.67. The van der Waals surface area contributed by atoms with Crippen molar-refractivity contribution in [3.05, 3.63) is 0 Å². The monoisotopic (exact) mass is 306 g/mol. The van der Waals surface area contributed by atoms with Gasteiger partial charge in [-0.2, -0.15) is 11.8 Å². The van der Waals surface area contributed by atoms with Gasteiger partial charge in [-0.15, -0.1) is 0 Å². The molecule has 3 aliphatic carbocycles. The van der Waals surface area contributed by atoms with Crippen LogP contribution >= 0.6 is 11.8 Å². The van der Waals surface area contributed by atoms with Crippen LogP contribution in [0.5, 0.6) is 0 Å². The number of rotatable bonds is 2. The first-order chi connectivity index (χ1) is 10.3. The number of carbonyl (C=O) groups excluding carboxylic acids is 1. The zero-order valence-corrected chi connectivity index (χ0v) is 13.6. The summed E-state index contributed by atoms with van der Waals surface area (Å²) in [6, 6.07) is 0. The average molecular weight is 306 g/mol. The van der Waals surface area contributed by atoms with Gasteiger partial charge in [0.15, 0.2) is 0 Å². The number of Topliss-reactive ketones (excluding diaryl/α,β-unsaturated/α-hetero) is 1. The van der Waals surface area contributed by atoms with E-state index in [1.165, 1.54) is 43.6 Å². The zero-order valence-electron chi connectivity index (χ0n) is 12.8. The molecule has 5 atom stereocenters. The van der Waals surface area contributed by atoms with Gasteiger partial charge in [0.05, 0.1) is 5.60 Å². The van der Waals surface area contributed by atoms with Crippen molar-refractivity contribution >= 4 is 17.5 Å². The summed E-state index contributed by atoms with van der Waals surface area (Å²) in [5.41, 5.74) is 0.0762. The van der Waals surface area contributed by atoms with Gasteiger partial charge in [0.25, 0.3) is 0 Å². The summed E-state index contributed by atoms with van der Waals surface area (Å²) >= 11 is 2.05. The van der Waals surface area contributed by atoms with Crippen molar-refractivity contribution in [1.29, 1.82) is 0 Å². The molecule has 5 rings (SSSR count). The lowest BCUT2D eigenvalue weighted by Gasteiger charge is -2.43. The van der Waals surface area contributed by atoms with E-state index < -0.39 is 0 Å². The molecular weight excluding hydrogens is 280 g/mol. The van der Waals surface area contributed by atoms with E-state index in [1.807, 2.05) is 11.8 Å². The Bertz CT molecular complexity index is 435. The highest BCUT2D eigenvalue weighted by Gasteiger charge is 2.67. The first-order valence-corrected chi connectivity index (χ1v) is 10.2. The van der Waals surface area contributed by atoms with Crippen molar-refractivity contribution in [3.8, 4) is 0 Å². The van der Waals surface area contributed by atoms with Gasteiger partial charge in [0, 0.05) is 18.4 Å². The first-order valence-electron chi connectivity index (χ1n) is 9.03. The minimum Gasteiger partial charge on any atom is -0.375 e. The summed E-state index contributed by atoms with van der Waals surface area (Å²) in [5.74, 6) is 7.39. The molecule has 116 valence electrons. The number of ketones is 1. The van der Waals surface area contributed by atoms with Crippen LogP contribution in [0.1, 0.15) is 44.9 Å². The van der Waals surface area contributed by atoms with Crippen molar-refractivity contribution in [2.24, 2.45) is 35.5 Å². The third-order valence-electron chi connectivity index (χ3n) is 7.36. The van der Waals surface area contributed by atoms with E-state index in [0.717, 1.165) is 43.1 Å². The Kier molecular flexibility index (Phi) is 3.03. The van der Waals surface area contributed by atoms with E-state index in [1.54, 1.807) is 0 Å². The topological polar surface area (TPSA) is 26.3 Å². The molecule has 5 fully saturated rings. The highest BCUT2D eigenvalue weighted by atomic mass is 32.2. The predicted octanol–water partition coefficient (Wildman–Crippen LogP) is 3.54. The largest absolute Gasteiger partial charge is 0.375 e. The molecule has 3 heteroatoms. The average Bonchev–Trinajstić information content (AvgIpc) is 2.94. The van der Waals surface area contributed by atoms with Crippen LogP contribution in [0.4, 0.5) is 0 Å². The van der Waals surface area contributed by atoms with Crippen LogP contribution in [0.2, 0.25) is 0 Å². The molecule has 0 aromatic carbocycles. The van der Waals surface area contributed by atoms with Gasteiger partial charge >= 0.3 is 0 Å². The lowest BCUT2D eigenvalue weighted by molar-refractivity contribution is -0.140. The number of hydrogen-bond acceptors (Lipinski definition) is 3. The van der Waals surface area contributed by atoms with Crippen molar-refractivity contribution in [2.45, 2.75) is 50.5 Å². The van der Waals surface area contributed by atoms with E-state index in [4.69, 9.17) is 4.74 Å². The summed E-state index contributed by atoms with van der Waals surface area (Å²) in [7, 11) is 0. The molecule has 5 unspecified atom stereocenters. The summed E-state index contributed by atoms with van der Waals surface area (Å²) < 4.78 is 6.17. The van der Waals surface area contributed by atoms with E-state index in [2.05, 4.69) is 0 Å². The number of fused-ring (bicyclic) bond motifs is 5. The third kappa shape index (κ3) is 1.99. The number of carbonyl (C=O) groups is 1. The second-order valence-electron chi connectivity index (χ2n) is 8.25. The van der Waals surface area contributed by atoms with Gasteiger partial charge < -0.3 is 4.74 Å². The van der Waals surface area contributed by atoms with E-state index >= 15 is 0 Å². The lowest BCUT2D eigenvalue weighted by Crippen LogP contribution is -2.45.